The Morgan fingerprint density at radius 1 is 1.16 bits per heavy atom. The van der Waals surface area contributed by atoms with Gasteiger partial charge in [-0.3, -0.25) is 0 Å². The summed E-state index contributed by atoms with van der Waals surface area (Å²) in [5, 5.41) is 24.1. The van der Waals surface area contributed by atoms with Gasteiger partial charge in [-0.25, -0.2) is 14.1 Å². The van der Waals surface area contributed by atoms with Gasteiger partial charge in [0, 0.05) is 6.42 Å². The van der Waals surface area contributed by atoms with E-state index in [9.17, 15) is 14.6 Å². The lowest BCUT2D eigenvalue weighted by molar-refractivity contribution is 0.208. The highest BCUT2D eigenvalue weighted by molar-refractivity contribution is 5.30. The Morgan fingerprint density at radius 2 is 1.92 bits per heavy atom. The minimum Gasteiger partial charge on any atom is -0.394 e. The van der Waals surface area contributed by atoms with Gasteiger partial charge in [-0.15, -0.1) is 0 Å². The number of nitrogens with zero attached hydrogens (tertiary/aromatic N) is 3. The topological polar surface area (TPSA) is 71.2 Å². The summed E-state index contributed by atoms with van der Waals surface area (Å²) < 4.78 is 15.1. The summed E-state index contributed by atoms with van der Waals surface area (Å²) >= 11 is 0. The second-order valence-corrected chi connectivity index (χ2v) is 5.89. The van der Waals surface area contributed by atoms with E-state index in [4.69, 9.17) is 0 Å². The molecule has 0 saturated heterocycles. The molecule has 130 valence electrons. The predicted octanol–water partition coefficient (Wildman–Crippen LogP) is 2.39. The van der Waals surface area contributed by atoms with Crippen LogP contribution >= 0.6 is 0 Å². The fourth-order valence-electron chi connectivity index (χ4n) is 2.70. The summed E-state index contributed by atoms with van der Waals surface area (Å²) in [5.41, 5.74) is 2.44. The molecule has 0 aliphatic carbocycles. The van der Waals surface area contributed by atoms with Crippen LogP contribution < -0.4 is 0 Å². The highest BCUT2D eigenvalue weighted by Gasteiger charge is 2.19. The lowest BCUT2D eigenvalue weighted by Gasteiger charge is -2.07. The summed E-state index contributed by atoms with van der Waals surface area (Å²) in [6.45, 7) is 2.07. The molecule has 2 N–H and O–H groups in total. The molecule has 5 nitrogen and oxygen atoms in total. The molecule has 0 fully saturated rings. The third kappa shape index (κ3) is 3.92. The van der Waals surface area contributed by atoms with Gasteiger partial charge in [0.05, 0.1) is 13.2 Å². The SMILES string of the molecule is Cc1ccc(F)cc1Cc1nc([C@H](O)c2ccccc2)nn1CCO. The van der Waals surface area contributed by atoms with Crippen LogP contribution in [-0.4, -0.2) is 31.6 Å². The van der Waals surface area contributed by atoms with Gasteiger partial charge in [0.1, 0.15) is 17.7 Å². The van der Waals surface area contributed by atoms with E-state index >= 15 is 0 Å². The third-order valence-electron chi connectivity index (χ3n) is 4.10. The molecule has 0 spiro atoms. The number of benzene rings is 2. The maximum atomic E-state index is 13.5. The van der Waals surface area contributed by atoms with E-state index in [1.54, 1.807) is 22.9 Å². The van der Waals surface area contributed by atoms with E-state index in [0.29, 0.717) is 17.8 Å². The van der Waals surface area contributed by atoms with Crippen molar-refractivity contribution in [2.45, 2.75) is 26.0 Å². The molecule has 0 saturated carbocycles. The second-order valence-electron chi connectivity index (χ2n) is 5.89. The average molecular weight is 341 g/mol. The summed E-state index contributed by atoms with van der Waals surface area (Å²) in [7, 11) is 0. The number of aromatic nitrogens is 3. The van der Waals surface area contributed by atoms with Gasteiger partial charge in [0.25, 0.3) is 0 Å². The minimum absolute atomic E-state index is 0.0979. The molecule has 0 aliphatic rings. The van der Waals surface area contributed by atoms with Gasteiger partial charge >= 0.3 is 0 Å². The predicted molar refractivity (Wildman–Crippen MR) is 91.6 cm³/mol. The quantitative estimate of drug-likeness (QED) is 0.722. The molecular formula is C19H20FN3O2. The normalized spacial score (nSPS) is 12.3. The number of hydrogen-bond donors (Lipinski definition) is 2. The Hall–Kier alpha value is -2.57. The molecular weight excluding hydrogens is 321 g/mol. The van der Waals surface area contributed by atoms with Crippen LogP contribution in [0.3, 0.4) is 0 Å². The van der Waals surface area contributed by atoms with Gasteiger partial charge in [0.2, 0.25) is 0 Å². The lowest BCUT2D eigenvalue weighted by atomic mass is 10.1. The van der Waals surface area contributed by atoms with Crippen LogP contribution in [0.5, 0.6) is 0 Å². The fraction of sp³-hybridized carbons (Fsp3) is 0.263. The summed E-state index contributed by atoms with van der Waals surface area (Å²) in [4.78, 5) is 4.44. The highest BCUT2D eigenvalue weighted by atomic mass is 19.1. The first-order chi connectivity index (χ1) is 12.1. The van der Waals surface area contributed by atoms with E-state index in [1.807, 2.05) is 25.1 Å². The van der Waals surface area contributed by atoms with Crippen molar-refractivity contribution in [1.29, 1.82) is 0 Å². The van der Waals surface area contributed by atoms with Crippen molar-refractivity contribution in [2.75, 3.05) is 6.61 Å². The zero-order valence-corrected chi connectivity index (χ0v) is 13.9. The van der Waals surface area contributed by atoms with Crippen molar-refractivity contribution in [3.63, 3.8) is 0 Å². The highest BCUT2D eigenvalue weighted by Crippen LogP contribution is 2.21. The Kier molecular flexibility index (Phi) is 5.21. The molecule has 0 radical (unpaired) electrons. The van der Waals surface area contributed by atoms with Crippen LogP contribution in [0.2, 0.25) is 0 Å². The van der Waals surface area contributed by atoms with Crippen molar-refractivity contribution < 1.29 is 14.6 Å². The molecule has 6 heteroatoms. The maximum Gasteiger partial charge on any atom is 0.183 e. The monoisotopic (exact) mass is 341 g/mol. The van der Waals surface area contributed by atoms with Gasteiger partial charge in [-0.2, -0.15) is 5.10 Å². The summed E-state index contributed by atoms with van der Waals surface area (Å²) in [6, 6.07) is 13.7. The maximum absolute atomic E-state index is 13.5. The Balaban J connectivity index is 1.93. The van der Waals surface area contributed by atoms with Crippen LogP contribution in [-0.2, 0) is 13.0 Å². The van der Waals surface area contributed by atoms with Crippen LogP contribution in [0.25, 0.3) is 0 Å². The molecule has 25 heavy (non-hydrogen) atoms. The molecule has 2 aromatic carbocycles. The average Bonchev–Trinajstić information content (AvgIpc) is 3.01. The van der Waals surface area contributed by atoms with Crippen LogP contribution in [0, 0.1) is 12.7 Å². The number of hydrogen-bond acceptors (Lipinski definition) is 4. The van der Waals surface area contributed by atoms with Crippen molar-refractivity contribution in [3.8, 4) is 0 Å². The number of aliphatic hydroxyl groups is 2. The lowest BCUT2D eigenvalue weighted by Crippen LogP contribution is -2.10. The molecule has 3 aromatic rings. The second kappa shape index (κ2) is 7.55. The van der Waals surface area contributed by atoms with E-state index < -0.39 is 6.10 Å². The number of rotatable bonds is 6. The van der Waals surface area contributed by atoms with Gasteiger partial charge in [-0.05, 0) is 35.7 Å². The molecule has 0 bridgehead atoms. The smallest absolute Gasteiger partial charge is 0.183 e. The Labute approximate surface area is 145 Å². The number of halogens is 1. The van der Waals surface area contributed by atoms with E-state index in [2.05, 4.69) is 10.1 Å². The largest absolute Gasteiger partial charge is 0.394 e. The Bertz CT molecular complexity index is 849. The molecule has 0 aliphatic heterocycles. The number of aliphatic hydroxyl groups excluding tert-OH is 2. The minimum atomic E-state index is -0.950. The van der Waals surface area contributed by atoms with E-state index in [1.165, 1.54) is 12.1 Å². The molecule has 1 heterocycles. The van der Waals surface area contributed by atoms with Gasteiger partial charge < -0.3 is 10.2 Å². The van der Waals surface area contributed by atoms with Crippen LogP contribution in [0.4, 0.5) is 4.39 Å². The van der Waals surface area contributed by atoms with E-state index in [-0.39, 0.29) is 24.8 Å². The molecule has 3 rings (SSSR count). The zero-order valence-electron chi connectivity index (χ0n) is 13.9. The van der Waals surface area contributed by atoms with Crippen LogP contribution in [0.1, 0.15) is 34.4 Å². The van der Waals surface area contributed by atoms with Gasteiger partial charge in [0.15, 0.2) is 5.82 Å². The van der Waals surface area contributed by atoms with Crippen molar-refractivity contribution in [3.05, 3.63) is 82.7 Å². The van der Waals surface area contributed by atoms with Crippen LogP contribution in [0.15, 0.2) is 48.5 Å². The molecule has 0 unspecified atom stereocenters. The number of aryl methyl sites for hydroxylation is 1. The first-order valence-electron chi connectivity index (χ1n) is 8.11. The van der Waals surface area contributed by atoms with Gasteiger partial charge in [-0.1, -0.05) is 36.4 Å². The standard InChI is InChI=1S/C19H20FN3O2/c1-13-7-8-16(20)11-15(13)12-17-21-19(22-23(17)9-10-24)18(25)14-5-3-2-4-6-14/h2-8,11,18,24-25H,9-10,12H2,1H3/t18-/m1/s1. The first-order valence-corrected chi connectivity index (χ1v) is 8.11. The summed E-state index contributed by atoms with van der Waals surface area (Å²) in [6.07, 6.45) is -0.577. The molecule has 0 amide bonds. The fourth-order valence-corrected chi connectivity index (χ4v) is 2.70. The zero-order chi connectivity index (χ0) is 17.8. The van der Waals surface area contributed by atoms with Crippen molar-refractivity contribution in [2.24, 2.45) is 0 Å². The van der Waals surface area contributed by atoms with Crippen molar-refractivity contribution >= 4 is 0 Å². The molecule has 1 aromatic heterocycles. The summed E-state index contributed by atoms with van der Waals surface area (Å²) in [5.74, 6) is 0.537. The third-order valence-corrected chi connectivity index (χ3v) is 4.10. The Morgan fingerprint density at radius 3 is 2.64 bits per heavy atom. The van der Waals surface area contributed by atoms with Crippen molar-refractivity contribution in [1.82, 2.24) is 14.8 Å². The first kappa shape index (κ1) is 17.3. The molecule has 1 atom stereocenters. The van der Waals surface area contributed by atoms with E-state index in [0.717, 1.165) is 11.1 Å².